The lowest BCUT2D eigenvalue weighted by Crippen LogP contribution is -2.05. The Hall–Kier alpha value is -3.22. The minimum Gasteiger partial charge on any atom is -0.451 e. The molecule has 128 valence electrons. The molecule has 1 aromatic carbocycles. The second-order valence-electron chi connectivity index (χ2n) is 5.50. The first-order valence-corrected chi connectivity index (χ1v) is 7.85. The maximum Gasteiger partial charge on any atom is 0.355 e. The van der Waals surface area contributed by atoms with E-state index in [-0.39, 0.29) is 24.0 Å². The molecule has 0 aliphatic rings. The number of benzene rings is 1. The minimum atomic E-state index is -0.598. The third-order valence-corrected chi connectivity index (χ3v) is 3.72. The lowest BCUT2D eigenvalue weighted by molar-refractivity contribution is 0.0423. The summed E-state index contributed by atoms with van der Waals surface area (Å²) in [4.78, 5) is 30.1. The van der Waals surface area contributed by atoms with Crippen molar-refractivity contribution in [2.24, 2.45) is 0 Å². The van der Waals surface area contributed by atoms with Crippen molar-refractivity contribution in [3.05, 3.63) is 59.2 Å². The van der Waals surface area contributed by atoms with Crippen LogP contribution in [0.3, 0.4) is 0 Å². The number of carbonyl (C=O) groups is 2. The molecular formula is C18H17N3O4. The van der Waals surface area contributed by atoms with Crippen LogP contribution >= 0.6 is 0 Å². The summed E-state index contributed by atoms with van der Waals surface area (Å²) in [6, 6.07) is 9.29. The average molecular weight is 339 g/mol. The number of aromatic amines is 1. The zero-order valence-electron chi connectivity index (χ0n) is 13.9. The Kier molecular flexibility index (Phi) is 4.74. The molecule has 0 saturated carbocycles. The number of hydrogen-bond acceptors (Lipinski definition) is 6. The van der Waals surface area contributed by atoms with Gasteiger partial charge in [-0.3, -0.25) is 4.79 Å². The van der Waals surface area contributed by atoms with Crippen molar-refractivity contribution in [3.63, 3.8) is 0 Å². The highest BCUT2D eigenvalue weighted by molar-refractivity contribution is 5.97. The van der Waals surface area contributed by atoms with Gasteiger partial charge in [0, 0.05) is 17.3 Å². The second-order valence-corrected chi connectivity index (χ2v) is 5.50. The van der Waals surface area contributed by atoms with E-state index in [0.717, 1.165) is 12.0 Å². The van der Waals surface area contributed by atoms with Crippen LogP contribution in [0, 0.1) is 0 Å². The number of nitrogens with one attached hydrogen (secondary N) is 1. The molecule has 3 aromatic rings. The molecule has 0 fully saturated rings. The lowest BCUT2D eigenvalue weighted by atomic mass is 10.1. The average Bonchev–Trinajstić information content (AvgIpc) is 3.29. The molecule has 3 rings (SSSR count). The molecule has 7 nitrogen and oxygen atoms in total. The van der Waals surface area contributed by atoms with Gasteiger partial charge in [-0.1, -0.05) is 36.3 Å². The molecule has 0 bridgehead atoms. The molecular weight excluding hydrogens is 322 g/mol. The molecule has 1 N–H and O–H groups in total. The number of H-pyrrole nitrogens is 1. The first-order chi connectivity index (χ1) is 12.1. The van der Waals surface area contributed by atoms with Crippen molar-refractivity contribution in [2.45, 2.75) is 26.9 Å². The summed E-state index contributed by atoms with van der Waals surface area (Å²) in [5, 5.41) is 3.89. The van der Waals surface area contributed by atoms with Crippen LogP contribution in [0.1, 0.15) is 46.1 Å². The van der Waals surface area contributed by atoms with Crippen molar-refractivity contribution in [2.75, 3.05) is 0 Å². The van der Waals surface area contributed by atoms with E-state index in [4.69, 9.17) is 9.26 Å². The summed E-state index contributed by atoms with van der Waals surface area (Å²) in [5.74, 6) is -0.0980. The summed E-state index contributed by atoms with van der Waals surface area (Å²) in [5.41, 5.74) is 2.66. The number of ether oxygens (including phenoxy) is 1. The second kappa shape index (κ2) is 7.12. The summed E-state index contributed by atoms with van der Waals surface area (Å²) in [6.45, 7) is 3.36. The monoisotopic (exact) mass is 339 g/mol. The van der Waals surface area contributed by atoms with Crippen LogP contribution in [0.25, 0.3) is 11.4 Å². The topological polar surface area (TPSA) is 98.1 Å². The van der Waals surface area contributed by atoms with Gasteiger partial charge in [0.25, 0.3) is 5.89 Å². The van der Waals surface area contributed by atoms with Crippen LogP contribution in [0.2, 0.25) is 0 Å². The summed E-state index contributed by atoms with van der Waals surface area (Å²) in [6.07, 6.45) is 2.42. The molecule has 2 heterocycles. The number of ketones is 1. The van der Waals surface area contributed by atoms with E-state index in [2.05, 4.69) is 22.0 Å². The number of Topliss-reactive ketones (excluding diaryl/α,β-unsaturated/α-hetero) is 1. The van der Waals surface area contributed by atoms with Crippen molar-refractivity contribution in [1.82, 2.24) is 15.1 Å². The predicted octanol–water partition coefficient (Wildman–Crippen LogP) is 3.19. The number of esters is 1. The number of rotatable bonds is 6. The van der Waals surface area contributed by atoms with Crippen LogP contribution in [-0.4, -0.2) is 26.9 Å². The van der Waals surface area contributed by atoms with E-state index in [1.165, 1.54) is 24.8 Å². The third-order valence-electron chi connectivity index (χ3n) is 3.72. The van der Waals surface area contributed by atoms with Crippen LogP contribution in [0.5, 0.6) is 0 Å². The summed E-state index contributed by atoms with van der Waals surface area (Å²) < 4.78 is 10.2. The van der Waals surface area contributed by atoms with Crippen LogP contribution in [0.15, 0.2) is 41.1 Å². The number of aryl methyl sites for hydroxylation is 1. The maximum absolute atomic E-state index is 11.9. The zero-order valence-corrected chi connectivity index (χ0v) is 13.9. The van der Waals surface area contributed by atoms with E-state index >= 15 is 0 Å². The van der Waals surface area contributed by atoms with Crippen LogP contribution in [-0.2, 0) is 17.8 Å². The Morgan fingerprint density at radius 3 is 2.64 bits per heavy atom. The molecule has 0 radical (unpaired) electrons. The van der Waals surface area contributed by atoms with E-state index in [0.29, 0.717) is 11.4 Å². The van der Waals surface area contributed by atoms with Crippen molar-refractivity contribution < 1.29 is 18.8 Å². The fourth-order valence-electron chi connectivity index (χ4n) is 2.24. The van der Waals surface area contributed by atoms with Gasteiger partial charge in [-0.25, -0.2) is 4.79 Å². The lowest BCUT2D eigenvalue weighted by Gasteiger charge is -1.99. The molecule has 0 saturated heterocycles. The standard InChI is InChI=1S/C18H17N3O4/c1-3-12-4-6-13(7-5-12)17-20-16(25-21-17)10-24-18(23)15-8-14(9-19-15)11(2)22/h4-9,19H,3,10H2,1-2H3. The van der Waals surface area contributed by atoms with E-state index in [9.17, 15) is 9.59 Å². The van der Waals surface area contributed by atoms with Gasteiger partial charge in [-0.2, -0.15) is 4.98 Å². The zero-order chi connectivity index (χ0) is 17.8. The molecule has 0 unspecified atom stereocenters. The first-order valence-electron chi connectivity index (χ1n) is 7.85. The van der Waals surface area contributed by atoms with Crippen LogP contribution in [0.4, 0.5) is 0 Å². The summed E-state index contributed by atoms with van der Waals surface area (Å²) >= 11 is 0. The van der Waals surface area contributed by atoms with Gasteiger partial charge in [0.15, 0.2) is 12.4 Å². The van der Waals surface area contributed by atoms with Gasteiger partial charge in [0.2, 0.25) is 5.82 Å². The minimum absolute atomic E-state index is 0.133. The smallest absolute Gasteiger partial charge is 0.355 e. The number of aromatic nitrogens is 3. The Bertz CT molecular complexity index is 893. The van der Waals surface area contributed by atoms with Crippen molar-refractivity contribution in [1.29, 1.82) is 0 Å². The fraction of sp³-hybridized carbons (Fsp3) is 0.222. The van der Waals surface area contributed by atoms with Gasteiger partial charge in [-0.15, -0.1) is 0 Å². The van der Waals surface area contributed by atoms with E-state index in [1.807, 2.05) is 24.3 Å². The maximum atomic E-state index is 11.9. The molecule has 7 heteroatoms. The SMILES string of the molecule is CCc1ccc(-c2noc(COC(=O)c3cc(C(C)=O)c[nH]3)n2)cc1. The molecule has 0 aliphatic carbocycles. The van der Waals surface area contributed by atoms with Gasteiger partial charge in [-0.05, 0) is 25.0 Å². The summed E-state index contributed by atoms with van der Waals surface area (Å²) in [7, 11) is 0. The number of hydrogen-bond donors (Lipinski definition) is 1. The Balaban J connectivity index is 1.62. The highest BCUT2D eigenvalue weighted by atomic mass is 16.6. The van der Waals surface area contributed by atoms with Gasteiger partial charge >= 0.3 is 5.97 Å². The predicted molar refractivity (Wildman–Crippen MR) is 89.0 cm³/mol. The van der Waals surface area contributed by atoms with Crippen LogP contribution < -0.4 is 0 Å². The van der Waals surface area contributed by atoms with E-state index in [1.54, 1.807) is 0 Å². The number of nitrogens with zero attached hydrogens (tertiary/aromatic N) is 2. The van der Waals surface area contributed by atoms with Gasteiger partial charge in [0.05, 0.1) is 0 Å². The Labute approximate surface area is 144 Å². The normalized spacial score (nSPS) is 10.6. The largest absolute Gasteiger partial charge is 0.451 e. The third kappa shape index (κ3) is 3.82. The van der Waals surface area contributed by atoms with Crippen molar-refractivity contribution >= 4 is 11.8 Å². The number of carbonyl (C=O) groups excluding carboxylic acids is 2. The molecule has 25 heavy (non-hydrogen) atoms. The molecule has 2 aromatic heterocycles. The highest BCUT2D eigenvalue weighted by Gasteiger charge is 2.15. The molecule has 0 aliphatic heterocycles. The van der Waals surface area contributed by atoms with Gasteiger partial charge < -0.3 is 14.2 Å². The van der Waals surface area contributed by atoms with Gasteiger partial charge in [0.1, 0.15) is 5.69 Å². The molecule has 0 amide bonds. The Morgan fingerprint density at radius 1 is 1.24 bits per heavy atom. The first kappa shape index (κ1) is 16.6. The fourth-order valence-corrected chi connectivity index (χ4v) is 2.24. The Morgan fingerprint density at radius 2 is 2.00 bits per heavy atom. The molecule has 0 spiro atoms. The highest BCUT2D eigenvalue weighted by Crippen LogP contribution is 2.17. The van der Waals surface area contributed by atoms with Crippen molar-refractivity contribution in [3.8, 4) is 11.4 Å². The quantitative estimate of drug-likeness (QED) is 0.547. The van der Waals surface area contributed by atoms with E-state index < -0.39 is 5.97 Å². The molecule has 0 atom stereocenters.